The molecule has 1 fully saturated rings. The second-order valence-corrected chi connectivity index (χ2v) is 5.19. The van der Waals surface area contributed by atoms with Crippen molar-refractivity contribution in [1.29, 1.82) is 0 Å². The standard InChI is InChI=1S/C14H15N3O6/c18-12-6-5-10(15-12)13(19)16-11(14(20)21)7-8-1-3-9(4-2-8)17(22)23/h1-4,10-11H,5-7H2,(H,15,18)(H,16,19)(H,20,21)/t10-,11-/m1/s1. The van der Waals surface area contributed by atoms with Gasteiger partial charge in [-0.05, 0) is 12.0 Å². The van der Waals surface area contributed by atoms with Crippen LogP contribution >= 0.6 is 0 Å². The molecule has 3 N–H and O–H groups in total. The number of non-ortho nitro benzene ring substituents is 1. The lowest BCUT2D eigenvalue weighted by molar-refractivity contribution is -0.384. The first-order valence-electron chi connectivity index (χ1n) is 6.92. The zero-order valence-electron chi connectivity index (χ0n) is 12.0. The highest BCUT2D eigenvalue weighted by Gasteiger charge is 2.30. The molecule has 0 unspecified atom stereocenters. The molecule has 23 heavy (non-hydrogen) atoms. The molecule has 9 heteroatoms. The van der Waals surface area contributed by atoms with Crippen molar-refractivity contribution in [2.24, 2.45) is 0 Å². The molecule has 9 nitrogen and oxygen atoms in total. The Morgan fingerprint density at radius 3 is 2.52 bits per heavy atom. The van der Waals surface area contributed by atoms with Crippen LogP contribution in [0.3, 0.4) is 0 Å². The fraction of sp³-hybridized carbons (Fsp3) is 0.357. The monoisotopic (exact) mass is 321 g/mol. The summed E-state index contributed by atoms with van der Waals surface area (Å²) in [6, 6.07) is 3.53. The number of amides is 2. The Kier molecular flexibility index (Phi) is 4.89. The number of nitro groups is 1. The zero-order valence-corrected chi connectivity index (χ0v) is 12.0. The number of aliphatic carboxylic acids is 1. The molecule has 1 saturated heterocycles. The molecule has 0 aromatic heterocycles. The first kappa shape index (κ1) is 16.4. The van der Waals surface area contributed by atoms with Crippen molar-refractivity contribution in [2.75, 3.05) is 0 Å². The quantitative estimate of drug-likeness (QED) is 0.497. The highest BCUT2D eigenvalue weighted by atomic mass is 16.6. The van der Waals surface area contributed by atoms with Gasteiger partial charge in [0, 0.05) is 25.0 Å². The molecular formula is C14H15N3O6. The van der Waals surface area contributed by atoms with Crippen LogP contribution < -0.4 is 10.6 Å². The molecule has 1 aliphatic rings. The number of nitrogens with zero attached hydrogens (tertiary/aromatic N) is 1. The van der Waals surface area contributed by atoms with Crippen LogP contribution in [-0.2, 0) is 20.8 Å². The van der Waals surface area contributed by atoms with E-state index in [0.717, 1.165) is 0 Å². The summed E-state index contributed by atoms with van der Waals surface area (Å²) < 4.78 is 0. The summed E-state index contributed by atoms with van der Waals surface area (Å²) in [5.74, 6) is -2.02. The maximum absolute atomic E-state index is 12.0. The van der Waals surface area contributed by atoms with E-state index in [1.165, 1.54) is 24.3 Å². The Labute approximate surface area is 130 Å². The number of carboxylic acid groups (broad SMARTS) is 1. The minimum atomic E-state index is -1.22. The molecule has 0 spiro atoms. The summed E-state index contributed by atoms with van der Waals surface area (Å²) in [5.41, 5.74) is 0.442. The second kappa shape index (κ2) is 6.86. The average molecular weight is 321 g/mol. The molecule has 1 aliphatic heterocycles. The predicted molar refractivity (Wildman–Crippen MR) is 77.5 cm³/mol. The number of carboxylic acids is 1. The topological polar surface area (TPSA) is 139 Å². The van der Waals surface area contributed by atoms with Crippen molar-refractivity contribution in [1.82, 2.24) is 10.6 Å². The number of rotatable bonds is 6. The summed E-state index contributed by atoms with van der Waals surface area (Å²) in [5, 5.41) is 24.6. The molecule has 2 atom stereocenters. The normalized spacial score (nSPS) is 18.1. The minimum absolute atomic E-state index is 0.0142. The van der Waals surface area contributed by atoms with Crippen molar-refractivity contribution in [2.45, 2.75) is 31.3 Å². The maximum atomic E-state index is 12.0. The SMILES string of the molecule is O=C1CC[C@H](C(=O)N[C@H](Cc2ccc([N+](=O)[O-])cc2)C(=O)O)N1. The number of hydrogen-bond acceptors (Lipinski definition) is 5. The average Bonchev–Trinajstić information content (AvgIpc) is 2.93. The van der Waals surface area contributed by atoms with E-state index in [-0.39, 0.29) is 24.4 Å². The Bertz CT molecular complexity index is 642. The van der Waals surface area contributed by atoms with Gasteiger partial charge in [-0.3, -0.25) is 19.7 Å². The summed E-state index contributed by atoms with van der Waals surface area (Å²) >= 11 is 0. The van der Waals surface area contributed by atoms with Crippen LogP contribution in [0, 0.1) is 10.1 Å². The van der Waals surface area contributed by atoms with Crippen molar-refractivity contribution < 1.29 is 24.4 Å². The highest BCUT2D eigenvalue weighted by Crippen LogP contribution is 2.14. The van der Waals surface area contributed by atoms with Gasteiger partial charge in [-0.15, -0.1) is 0 Å². The third kappa shape index (κ3) is 4.25. The summed E-state index contributed by atoms with van der Waals surface area (Å²) in [7, 11) is 0. The Balaban J connectivity index is 2.01. The van der Waals surface area contributed by atoms with Crippen LogP contribution in [0.5, 0.6) is 0 Å². The minimum Gasteiger partial charge on any atom is -0.480 e. The van der Waals surface area contributed by atoms with Gasteiger partial charge in [-0.2, -0.15) is 0 Å². The van der Waals surface area contributed by atoms with Crippen molar-refractivity contribution in [3.05, 3.63) is 39.9 Å². The number of carbonyl (C=O) groups excluding carboxylic acids is 2. The van der Waals surface area contributed by atoms with Crippen LogP contribution in [-0.4, -0.2) is 39.9 Å². The van der Waals surface area contributed by atoms with E-state index >= 15 is 0 Å². The van der Waals surface area contributed by atoms with E-state index in [2.05, 4.69) is 10.6 Å². The van der Waals surface area contributed by atoms with E-state index < -0.39 is 28.9 Å². The van der Waals surface area contributed by atoms with Gasteiger partial charge in [-0.25, -0.2) is 4.79 Å². The Hall–Kier alpha value is -2.97. The molecular weight excluding hydrogens is 306 g/mol. The van der Waals surface area contributed by atoms with Gasteiger partial charge in [0.25, 0.3) is 5.69 Å². The lowest BCUT2D eigenvalue weighted by Crippen LogP contribution is -2.49. The van der Waals surface area contributed by atoms with Gasteiger partial charge in [0.1, 0.15) is 12.1 Å². The molecule has 1 heterocycles. The van der Waals surface area contributed by atoms with Gasteiger partial charge in [-0.1, -0.05) is 12.1 Å². The second-order valence-electron chi connectivity index (χ2n) is 5.19. The predicted octanol–water partition coefficient (Wildman–Crippen LogP) is -0.0147. The number of hydrogen-bond donors (Lipinski definition) is 3. The van der Waals surface area contributed by atoms with Gasteiger partial charge >= 0.3 is 5.97 Å². The van der Waals surface area contributed by atoms with Crippen LogP contribution in [0.15, 0.2) is 24.3 Å². The fourth-order valence-electron chi connectivity index (χ4n) is 2.27. The highest BCUT2D eigenvalue weighted by molar-refractivity contribution is 5.92. The third-order valence-corrected chi connectivity index (χ3v) is 3.51. The maximum Gasteiger partial charge on any atom is 0.326 e. The zero-order chi connectivity index (χ0) is 17.0. The summed E-state index contributed by atoms with van der Waals surface area (Å²) in [6.07, 6.45) is 0.548. The number of nitro benzene ring substituents is 1. The van der Waals surface area contributed by atoms with Crippen molar-refractivity contribution >= 4 is 23.5 Å². The number of nitrogens with one attached hydrogen (secondary N) is 2. The molecule has 0 aliphatic carbocycles. The van der Waals surface area contributed by atoms with E-state index in [4.69, 9.17) is 0 Å². The van der Waals surface area contributed by atoms with Crippen LogP contribution in [0.25, 0.3) is 0 Å². The molecule has 1 aromatic rings. The van der Waals surface area contributed by atoms with Gasteiger partial charge in [0.2, 0.25) is 11.8 Å². The Morgan fingerprint density at radius 1 is 1.39 bits per heavy atom. The molecule has 2 amide bonds. The molecule has 0 saturated carbocycles. The largest absolute Gasteiger partial charge is 0.480 e. The molecule has 0 bridgehead atoms. The first-order valence-corrected chi connectivity index (χ1v) is 6.92. The van der Waals surface area contributed by atoms with Crippen LogP contribution in [0.4, 0.5) is 5.69 Å². The molecule has 0 radical (unpaired) electrons. The van der Waals surface area contributed by atoms with Crippen molar-refractivity contribution in [3.8, 4) is 0 Å². The summed E-state index contributed by atoms with van der Waals surface area (Å²) in [4.78, 5) is 44.4. The van der Waals surface area contributed by atoms with Crippen LogP contribution in [0.2, 0.25) is 0 Å². The van der Waals surface area contributed by atoms with Gasteiger partial charge in [0.05, 0.1) is 4.92 Å². The fourth-order valence-corrected chi connectivity index (χ4v) is 2.27. The van der Waals surface area contributed by atoms with Gasteiger partial charge < -0.3 is 15.7 Å². The lowest BCUT2D eigenvalue weighted by atomic mass is 10.0. The molecule has 2 rings (SSSR count). The van der Waals surface area contributed by atoms with E-state index in [1.54, 1.807) is 0 Å². The van der Waals surface area contributed by atoms with E-state index in [1.807, 2.05) is 0 Å². The smallest absolute Gasteiger partial charge is 0.326 e. The Morgan fingerprint density at radius 2 is 2.04 bits per heavy atom. The van der Waals surface area contributed by atoms with Gasteiger partial charge in [0.15, 0.2) is 0 Å². The van der Waals surface area contributed by atoms with E-state index in [9.17, 15) is 29.6 Å². The molecule has 122 valence electrons. The summed E-state index contributed by atoms with van der Waals surface area (Å²) in [6.45, 7) is 0. The van der Waals surface area contributed by atoms with E-state index in [0.29, 0.717) is 12.0 Å². The van der Waals surface area contributed by atoms with Crippen molar-refractivity contribution in [3.63, 3.8) is 0 Å². The lowest BCUT2D eigenvalue weighted by Gasteiger charge is -2.17. The first-order chi connectivity index (χ1) is 10.9. The number of benzene rings is 1. The number of carbonyl (C=O) groups is 3. The third-order valence-electron chi connectivity index (χ3n) is 3.51. The van der Waals surface area contributed by atoms with Crippen LogP contribution in [0.1, 0.15) is 18.4 Å². The molecule has 1 aromatic carbocycles.